The van der Waals surface area contributed by atoms with Gasteiger partial charge in [-0.15, -0.1) is 0 Å². The molecule has 0 bridgehead atoms. The van der Waals surface area contributed by atoms with Gasteiger partial charge in [-0.05, 0) is 39.0 Å². The lowest BCUT2D eigenvalue weighted by Crippen LogP contribution is -2.53. The summed E-state index contributed by atoms with van der Waals surface area (Å²) in [5.74, 6) is -1.29. The molecule has 3 atom stereocenters. The largest absolute Gasteiger partial charge is 0.481 e. The van der Waals surface area contributed by atoms with E-state index in [0.29, 0.717) is 25.9 Å². The van der Waals surface area contributed by atoms with Crippen molar-refractivity contribution in [2.75, 3.05) is 13.2 Å². The van der Waals surface area contributed by atoms with Crippen LogP contribution in [0.5, 0.6) is 0 Å². The molecule has 2 aliphatic rings. The zero-order valence-electron chi connectivity index (χ0n) is 10.8. The van der Waals surface area contributed by atoms with Crippen molar-refractivity contribution in [2.24, 2.45) is 11.8 Å². The van der Waals surface area contributed by atoms with Gasteiger partial charge in [0.1, 0.15) is 0 Å². The lowest BCUT2D eigenvalue weighted by atomic mass is 9.93. The van der Waals surface area contributed by atoms with Crippen molar-refractivity contribution in [3.8, 4) is 0 Å². The first-order valence-electron chi connectivity index (χ1n) is 6.63. The fourth-order valence-corrected chi connectivity index (χ4v) is 2.88. The first kappa shape index (κ1) is 13.3. The van der Waals surface area contributed by atoms with Crippen LogP contribution < -0.4 is 5.32 Å². The minimum atomic E-state index is -0.780. The summed E-state index contributed by atoms with van der Waals surface area (Å²) in [6.45, 7) is 3.30. The van der Waals surface area contributed by atoms with E-state index in [4.69, 9.17) is 9.84 Å². The molecule has 1 heterocycles. The molecular weight excluding hydrogens is 234 g/mol. The normalized spacial score (nSPS) is 36.3. The molecule has 0 aromatic carbocycles. The number of hydrogen-bond donors (Lipinski definition) is 2. The summed E-state index contributed by atoms with van der Waals surface area (Å²) in [6, 6.07) is 0. The third-order valence-electron chi connectivity index (χ3n) is 4.02. The van der Waals surface area contributed by atoms with E-state index < -0.39 is 5.97 Å². The predicted octanol–water partition coefficient (Wildman–Crippen LogP) is 1.17. The van der Waals surface area contributed by atoms with Crippen LogP contribution in [0.25, 0.3) is 0 Å². The fraction of sp³-hybridized carbons (Fsp3) is 0.846. The maximum absolute atomic E-state index is 12.1. The molecule has 18 heavy (non-hydrogen) atoms. The topological polar surface area (TPSA) is 75.6 Å². The molecule has 1 amide bonds. The number of ether oxygens (including phenoxy) is 1. The number of hydrogen-bond acceptors (Lipinski definition) is 3. The Kier molecular flexibility index (Phi) is 3.90. The molecule has 1 aliphatic carbocycles. The Morgan fingerprint density at radius 3 is 2.61 bits per heavy atom. The number of carboxylic acids is 1. The maximum Gasteiger partial charge on any atom is 0.306 e. The summed E-state index contributed by atoms with van der Waals surface area (Å²) in [7, 11) is 0. The maximum atomic E-state index is 12.1. The minimum absolute atomic E-state index is 0.00764. The molecule has 1 unspecified atom stereocenters. The van der Waals surface area contributed by atoms with Gasteiger partial charge in [0.25, 0.3) is 0 Å². The summed E-state index contributed by atoms with van der Waals surface area (Å²) < 4.78 is 5.40. The highest BCUT2D eigenvalue weighted by atomic mass is 16.5. The van der Waals surface area contributed by atoms with E-state index in [2.05, 4.69) is 5.32 Å². The molecule has 1 aliphatic heterocycles. The standard InChI is InChI=1S/C13H21NO4/c1-13(5-2-6-18-8-13)14-11(15)9-3-4-10(7-9)12(16)17/h9-10H,2-8H2,1H3,(H,14,15)(H,16,17)/t9-,10+,13?/m1/s1. The van der Waals surface area contributed by atoms with Gasteiger partial charge in [-0.1, -0.05) is 0 Å². The van der Waals surface area contributed by atoms with Crippen LogP contribution >= 0.6 is 0 Å². The fourth-order valence-electron chi connectivity index (χ4n) is 2.88. The highest BCUT2D eigenvalue weighted by molar-refractivity contribution is 5.81. The molecule has 5 nitrogen and oxygen atoms in total. The van der Waals surface area contributed by atoms with Crippen molar-refractivity contribution in [1.29, 1.82) is 0 Å². The van der Waals surface area contributed by atoms with Crippen LogP contribution in [-0.4, -0.2) is 35.7 Å². The summed E-state index contributed by atoms with van der Waals surface area (Å²) in [4.78, 5) is 23.0. The molecular formula is C13H21NO4. The van der Waals surface area contributed by atoms with Crippen molar-refractivity contribution in [2.45, 2.75) is 44.6 Å². The number of carbonyl (C=O) groups is 2. The summed E-state index contributed by atoms with van der Waals surface area (Å²) >= 11 is 0. The molecule has 5 heteroatoms. The Hall–Kier alpha value is -1.10. The summed E-state index contributed by atoms with van der Waals surface area (Å²) in [6.07, 6.45) is 3.64. The molecule has 2 fully saturated rings. The lowest BCUT2D eigenvalue weighted by molar-refractivity contribution is -0.141. The summed E-state index contributed by atoms with van der Waals surface area (Å²) in [5.41, 5.74) is -0.281. The monoisotopic (exact) mass is 255 g/mol. The number of aliphatic carboxylic acids is 1. The Morgan fingerprint density at radius 2 is 2.06 bits per heavy atom. The number of carboxylic acid groups (broad SMARTS) is 1. The average molecular weight is 255 g/mol. The van der Waals surface area contributed by atoms with Gasteiger partial charge in [0, 0.05) is 12.5 Å². The molecule has 2 rings (SSSR count). The van der Waals surface area contributed by atoms with Crippen LogP contribution in [0.2, 0.25) is 0 Å². The van der Waals surface area contributed by atoms with Crippen molar-refractivity contribution < 1.29 is 19.4 Å². The van der Waals surface area contributed by atoms with Gasteiger partial charge in [-0.3, -0.25) is 9.59 Å². The van der Waals surface area contributed by atoms with Gasteiger partial charge in [0.05, 0.1) is 18.1 Å². The van der Waals surface area contributed by atoms with Crippen LogP contribution in [-0.2, 0) is 14.3 Å². The Bertz CT molecular complexity index is 336. The molecule has 1 saturated heterocycles. The number of amides is 1. The second-order valence-electron chi connectivity index (χ2n) is 5.75. The molecule has 0 aromatic rings. The Morgan fingerprint density at radius 1 is 1.33 bits per heavy atom. The quantitative estimate of drug-likeness (QED) is 0.794. The summed E-state index contributed by atoms with van der Waals surface area (Å²) in [5, 5.41) is 12.0. The third kappa shape index (κ3) is 3.02. The van der Waals surface area contributed by atoms with Crippen LogP contribution in [0, 0.1) is 11.8 Å². The van der Waals surface area contributed by atoms with Crippen LogP contribution in [0.15, 0.2) is 0 Å². The molecule has 0 radical (unpaired) electrons. The second-order valence-corrected chi connectivity index (χ2v) is 5.75. The van der Waals surface area contributed by atoms with Crippen LogP contribution in [0.4, 0.5) is 0 Å². The number of rotatable bonds is 3. The Labute approximate surface area is 107 Å². The van der Waals surface area contributed by atoms with E-state index in [-0.39, 0.29) is 23.3 Å². The first-order chi connectivity index (χ1) is 8.50. The molecule has 1 saturated carbocycles. The van der Waals surface area contributed by atoms with E-state index in [0.717, 1.165) is 19.4 Å². The van der Waals surface area contributed by atoms with E-state index in [1.54, 1.807) is 0 Å². The highest BCUT2D eigenvalue weighted by Crippen LogP contribution is 2.32. The van der Waals surface area contributed by atoms with Crippen molar-refractivity contribution in [1.82, 2.24) is 5.32 Å². The van der Waals surface area contributed by atoms with Gasteiger partial charge in [0.2, 0.25) is 5.91 Å². The van der Waals surface area contributed by atoms with Crippen molar-refractivity contribution in [3.63, 3.8) is 0 Å². The second kappa shape index (κ2) is 5.26. The SMILES string of the molecule is CC1(NC(=O)[C@@H]2CC[C@H](C(=O)O)C2)CCCOC1. The van der Waals surface area contributed by atoms with E-state index in [1.165, 1.54) is 0 Å². The minimum Gasteiger partial charge on any atom is -0.481 e. The van der Waals surface area contributed by atoms with E-state index >= 15 is 0 Å². The average Bonchev–Trinajstić information content (AvgIpc) is 2.78. The number of nitrogens with one attached hydrogen (secondary N) is 1. The van der Waals surface area contributed by atoms with Crippen molar-refractivity contribution >= 4 is 11.9 Å². The van der Waals surface area contributed by atoms with Gasteiger partial charge in [0.15, 0.2) is 0 Å². The zero-order valence-corrected chi connectivity index (χ0v) is 10.8. The van der Waals surface area contributed by atoms with E-state index in [9.17, 15) is 9.59 Å². The third-order valence-corrected chi connectivity index (χ3v) is 4.02. The smallest absolute Gasteiger partial charge is 0.306 e. The van der Waals surface area contributed by atoms with Gasteiger partial charge in [-0.25, -0.2) is 0 Å². The number of carbonyl (C=O) groups excluding carboxylic acids is 1. The molecule has 2 N–H and O–H groups in total. The lowest BCUT2D eigenvalue weighted by Gasteiger charge is -2.35. The molecule has 102 valence electrons. The van der Waals surface area contributed by atoms with E-state index in [1.807, 2.05) is 6.92 Å². The molecule has 0 aromatic heterocycles. The van der Waals surface area contributed by atoms with Crippen LogP contribution in [0.3, 0.4) is 0 Å². The van der Waals surface area contributed by atoms with Crippen molar-refractivity contribution in [3.05, 3.63) is 0 Å². The zero-order chi connectivity index (χ0) is 13.2. The highest BCUT2D eigenvalue weighted by Gasteiger charge is 2.37. The van der Waals surface area contributed by atoms with Gasteiger partial charge >= 0.3 is 5.97 Å². The van der Waals surface area contributed by atoms with Crippen LogP contribution in [0.1, 0.15) is 39.0 Å². The first-order valence-corrected chi connectivity index (χ1v) is 6.63. The van der Waals surface area contributed by atoms with Gasteiger partial charge in [-0.2, -0.15) is 0 Å². The Balaban J connectivity index is 1.87. The van der Waals surface area contributed by atoms with Gasteiger partial charge < -0.3 is 15.2 Å². The predicted molar refractivity (Wildman–Crippen MR) is 65.1 cm³/mol. The molecule has 0 spiro atoms.